The number of amides is 1. The van der Waals surface area contributed by atoms with Crippen molar-refractivity contribution < 1.29 is 4.79 Å². The summed E-state index contributed by atoms with van der Waals surface area (Å²) < 4.78 is 1.05. The fourth-order valence-corrected chi connectivity index (χ4v) is 3.26. The van der Waals surface area contributed by atoms with E-state index in [1.807, 2.05) is 62.5 Å². The lowest BCUT2D eigenvalue weighted by atomic mass is 10.1. The second kappa shape index (κ2) is 8.27. The van der Waals surface area contributed by atoms with Gasteiger partial charge in [-0.05, 0) is 31.0 Å². The van der Waals surface area contributed by atoms with Gasteiger partial charge in [0.25, 0.3) is 0 Å². The Bertz CT molecular complexity index is 645. The lowest BCUT2D eigenvalue weighted by Gasteiger charge is -2.25. The van der Waals surface area contributed by atoms with Crippen molar-refractivity contribution in [2.75, 3.05) is 7.05 Å². The number of carbonyl (C=O) groups is 1. The van der Waals surface area contributed by atoms with Gasteiger partial charge in [0.15, 0.2) is 0 Å². The number of rotatable bonds is 6. The van der Waals surface area contributed by atoms with Crippen LogP contribution in [0.4, 0.5) is 0 Å². The van der Waals surface area contributed by atoms with E-state index in [-0.39, 0.29) is 18.0 Å². The average Bonchev–Trinajstić information content (AvgIpc) is 2.55. The van der Waals surface area contributed by atoms with Gasteiger partial charge in [0.05, 0.1) is 6.04 Å². The number of nitrogens with one attached hydrogen (secondary N) is 1. The Morgan fingerprint density at radius 2 is 1.70 bits per heavy atom. The molecule has 0 heterocycles. The molecular weight excluding hydrogens is 352 g/mol. The summed E-state index contributed by atoms with van der Waals surface area (Å²) in [6.45, 7) is 4.60. The van der Waals surface area contributed by atoms with E-state index in [1.165, 1.54) is 0 Å². The van der Waals surface area contributed by atoms with Crippen LogP contribution in [-0.4, -0.2) is 23.9 Å². The molecule has 0 aliphatic heterocycles. The van der Waals surface area contributed by atoms with Gasteiger partial charge in [-0.15, -0.1) is 0 Å². The first-order valence-corrected chi connectivity index (χ1v) is 8.57. The fraction of sp³-hybridized carbons (Fsp3) is 0.316. The van der Waals surface area contributed by atoms with E-state index >= 15 is 0 Å². The lowest BCUT2D eigenvalue weighted by molar-refractivity contribution is -0.132. The summed E-state index contributed by atoms with van der Waals surface area (Å²) in [5.41, 5.74) is 2.28. The summed E-state index contributed by atoms with van der Waals surface area (Å²) in [6, 6.07) is 17.9. The summed E-state index contributed by atoms with van der Waals surface area (Å²) >= 11 is 3.56. The summed E-state index contributed by atoms with van der Waals surface area (Å²) in [4.78, 5) is 14.3. The van der Waals surface area contributed by atoms with E-state index in [0.29, 0.717) is 6.54 Å². The van der Waals surface area contributed by atoms with Crippen LogP contribution < -0.4 is 5.32 Å². The van der Waals surface area contributed by atoms with Crippen molar-refractivity contribution in [3.63, 3.8) is 0 Å². The van der Waals surface area contributed by atoms with Gasteiger partial charge in [0.2, 0.25) is 5.91 Å². The molecule has 0 radical (unpaired) electrons. The van der Waals surface area contributed by atoms with Gasteiger partial charge in [-0.3, -0.25) is 10.1 Å². The van der Waals surface area contributed by atoms with E-state index in [1.54, 1.807) is 4.90 Å². The molecule has 1 amide bonds. The van der Waals surface area contributed by atoms with Crippen molar-refractivity contribution in [3.05, 3.63) is 70.2 Å². The highest BCUT2D eigenvalue weighted by molar-refractivity contribution is 9.10. The standard InChI is InChI=1S/C19H23BrN2O/c1-14(17-11-7-8-12-18(17)20)21-15(2)19(23)22(3)13-16-9-5-4-6-10-16/h4-12,14-15,21H,13H2,1-3H3. The number of likely N-dealkylation sites (N-methyl/N-ethyl adjacent to an activating group) is 1. The molecule has 0 saturated carbocycles. The topological polar surface area (TPSA) is 32.3 Å². The maximum absolute atomic E-state index is 12.6. The van der Waals surface area contributed by atoms with Gasteiger partial charge in [0.1, 0.15) is 0 Å². The predicted molar refractivity (Wildman–Crippen MR) is 98.1 cm³/mol. The van der Waals surface area contributed by atoms with E-state index in [0.717, 1.165) is 15.6 Å². The molecule has 0 saturated heterocycles. The molecule has 23 heavy (non-hydrogen) atoms. The molecule has 0 aliphatic rings. The van der Waals surface area contributed by atoms with Crippen molar-refractivity contribution in [1.29, 1.82) is 0 Å². The third-order valence-electron chi connectivity index (χ3n) is 3.88. The zero-order chi connectivity index (χ0) is 16.8. The lowest BCUT2D eigenvalue weighted by Crippen LogP contribution is -2.43. The van der Waals surface area contributed by atoms with E-state index in [9.17, 15) is 4.79 Å². The molecule has 2 aromatic carbocycles. The summed E-state index contributed by atoms with van der Waals surface area (Å²) in [5, 5.41) is 3.38. The van der Waals surface area contributed by atoms with Crippen molar-refractivity contribution in [3.8, 4) is 0 Å². The highest BCUT2D eigenvalue weighted by Gasteiger charge is 2.20. The summed E-state index contributed by atoms with van der Waals surface area (Å²) in [6.07, 6.45) is 0. The number of benzene rings is 2. The minimum atomic E-state index is -0.245. The fourth-order valence-electron chi connectivity index (χ4n) is 2.63. The number of nitrogens with zero attached hydrogens (tertiary/aromatic N) is 1. The molecule has 0 fully saturated rings. The minimum Gasteiger partial charge on any atom is -0.340 e. The minimum absolute atomic E-state index is 0.0905. The van der Waals surface area contributed by atoms with Gasteiger partial charge >= 0.3 is 0 Å². The molecule has 3 nitrogen and oxygen atoms in total. The Hall–Kier alpha value is -1.65. The van der Waals surface area contributed by atoms with Crippen LogP contribution in [0.5, 0.6) is 0 Å². The van der Waals surface area contributed by atoms with Crippen LogP contribution in [0.3, 0.4) is 0 Å². The highest BCUT2D eigenvalue weighted by Crippen LogP contribution is 2.23. The van der Waals surface area contributed by atoms with Crippen LogP contribution in [0.2, 0.25) is 0 Å². The Morgan fingerprint density at radius 3 is 2.35 bits per heavy atom. The van der Waals surface area contributed by atoms with E-state index in [4.69, 9.17) is 0 Å². The van der Waals surface area contributed by atoms with Gasteiger partial charge < -0.3 is 4.90 Å². The van der Waals surface area contributed by atoms with Crippen molar-refractivity contribution in [1.82, 2.24) is 10.2 Å². The normalized spacial score (nSPS) is 13.4. The van der Waals surface area contributed by atoms with Crippen LogP contribution in [0, 0.1) is 0 Å². The molecule has 0 aromatic heterocycles. The second-order valence-electron chi connectivity index (χ2n) is 5.81. The van der Waals surface area contributed by atoms with Crippen LogP contribution in [0.1, 0.15) is 31.0 Å². The molecule has 2 atom stereocenters. The number of hydrogen-bond donors (Lipinski definition) is 1. The number of carbonyl (C=O) groups excluding carboxylic acids is 1. The predicted octanol–water partition coefficient (Wildman–Crippen LogP) is 4.15. The molecule has 2 unspecified atom stereocenters. The van der Waals surface area contributed by atoms with E-state index < -0.39 is 0 Å². The second-order valence-corrected chi connectivity index (χ2v) is 6.67. The van der Waals surface area contributed by atoms with Crippen LogP contribution in [0.15, 0.2) is 59.1 Å². The van der Waals surface area contributed by atoms with Gasteiger partial charge in [-0.25, -0.2) is 0 Å². The Labute approximate surface area is 146 Å². The summed E-state index contributed by atoms with van der Waals surface area (Å²) in [7, 11) is 1.84. The Morgan fingerprint density at radius 1 is 1.09 bits per heavy atom. The number of hydrogen-bond acceptors (Lipinski definition) is 2. The Kier molecular flexibility index (Phi) is 6.37. The molecule has 1 N–H and O–H groups in total. The first-order chi connectivity index (χ1) is 11.0. The van der Waals surface area contributed by atoms with Gasteiger partial charge in [-0.1, -0.05) is 64.5 Å². The van der Waals surface area contributed by atoms with Crippen LogP contribution in [-0.2, 0) is 11.3 Å². The zero-order valence-electron chi connectivity index (χ0n) is 13.8. The van der Waals surface area contributed by atoms with Crippen molar-refractivity contribution in [2.45, 2.75) is 32.5 Å². The average molecular weight is 375 g/mol. The highest BCUT2D eigenvalue weighted by atomic mass is 79.9. The Balaban J connectivity index is 1.95. The monoisotopic (exact) mass is 374 g/mol. The van der Waals surface area contributed by atoms with Gasteiger partial charge in [0, 0.05) is 24.1 Å². The third kappa shape index (κ3) is 4.91. The first-order valence-electron chi connectivity index (χ1n) is 7.78. The largest absolute Gasteiger partial charge is 0.340 e. The molecule has 0 bridgehead atoms. The molecule has 0 spiro atoms. The van der Waals surface area contributed by atoms with Gasteiger partial charge in [-0.2, -0.15) is 0 Å². The number of halogens is 1. The molecule has 122 valence electrons. The maximum Gasteiger partial charge on any atom is 0.239 e. The SMILES string of the molecule is CC(NC(C)c1ccccc1Br)C(=O)N(C)Cc1ccccc1. The summed E-state index contributed by atoms with van der Waals surface area (Å²) in [5.74, 6) is 0.0905. The molecule has 2 aromatic rings. The first kappa shape index (κ1) is 17.7. The maximum atomic E-state index is 12.6. The third-order valence-corrected chi connectivity index (χ3v) is 4.60. The molecule has 0 aliphatic carbocycles. The smallest absolute Gasteiger partial charge is 0.239 e. The zero-order valence-corrected chi connectivity index (χ0v) is 15.4. The van der Waals surface area contributed by atoms with Crippen molar-refractivity contribution in [2.24, 2.45) is 0 Å². The molecule has 4 heteroatoms. The van der Waals surface area contributed by atoms with Crippen molar-refractivity contribution >= 4 is 21.8 Å². The van der Waals surface area contributed by atoms with Crippen LogP contribution in [0.25, 0.3) is 0 Å². The van der Waals surface area contributed by atoms with Crippen LogP contribution >= 0.6 is 15.9 Å². The molecule has 2 rings (SSSR count). The molecular formula is C19H23BrN2O. The quantitative estimate of drug-likeness (QED) is 0.823. The van der Waals surface area contributed by atoms with E-state index in [2.05, 4.69) is 34.2 Å².